The van der Waals surface area contributed by atoms with Crippen LogP contribution in [0.3, 0.4) is 0 Å². The summed E-state index contributed by atoms with van der Waals surface area (Å²) in [6, 6.07) is 33.3. The SMILES string of the molecule is Cl.Cl.[CH2]=[Zr]([C]1=CC=CC1)([c]1ccccc1)([c]1ccc(C(C)(C)C)cc1)[c]1c(C(C)(C)C)ccc2c1Cc1cc(C(C)(C)C)ccc1-2. The van der Waals surface area contributed by atoms with Crippen molar-refractivity contribution in [3.8, 4) is 11.1 Å². The Bertz CT molecular complexity index is 1890. The summed E-state index contributed by atoms with van der Waals surface area (Å²) in [4.78, 5) is 0. The van der Waals surface area contributed by atoms with E-state index in [1.807, 2.05) is 0 Å². The molecule has 0 N–H and O–H groups in total. The van der Waals surface area contributed by atoms with Gasteiger partial charge in [0.25, 0.3) is 0 Å². The van der Waals surface area contributed by atoms with Crippen LogP contribution in [0, 0.1) is 0 Å². The molecule has 0 atom stereocenters. The minimum atomic E-state index is -4.83. The standard InChI is InChI=1S/C21H25.C10H13.C6H5.C5H5.CH2.2ClH.Zr/c1-20(2,3)16-7-9-18-14(12-16)11-15-13-17(21(4,5)6)8-10-19(15)18;1-10(2,3)9-7-5-4-6-8-9;1-2-4-6-5-3-1;1-2-4-5-3-1;;;;/h7-10,12H,11H2,1-6H3;5-8H,1-3H3;1-5H;1-3H,4H2;1H2;2*1H;. The van der Waals surface area contributed by atoms with Crippen molar-refractivity contribution in [1.82, 2.24) is 0 Å². The summed E-state index contributed by atoms with van der Waals surface area (Å²) < 4.78 is 11.7. The van der Waals surface area contributed by atoms with Gasteiger partial charge in [-0.15, -0.1) is 24.8 Å². The third-order valence-electron chi connectivity index (χ3n) is 10.6. The molecule has 0 bridgehead atoms. The molecule has 3 heteroatoms. The van der Waals surface area contributed by atoms with Gasteiger partial charge in [0.2, 0.25) is 0 Å². The molecule has 0 nitrogen and oxygen atoms in total. The Morgan fingerprint density at radius 2 is 1.17 bits per heavy atom. The first-order valence-corrected chi connectivity index (χ1v) is 23.1. The molecule has 6 rings (SSSR count). The van der Waals surface area contributed by atoms with Gasteiger partial charge in [-0.05, 0) is 0 Å². The zero-order chi connectivity index (χ0) is 31.7. The quantitative estimate of drug-likeness (QED) is 0.173. The van der Waals surface area contributed by atoms with Gasteiger partial charge in [-0.2, -0.15) is 0 Å². The van der Waals surface area contributed by atoms with Gasteiger partial charge >= 0.3 is 269 Å². The Balaban J connectivity index is 0.00000240. The van der Waals surface area contributed by atoms with Crippen LogP contribution < -0.4 is 9.81 Å². The normalized spacial score (nSPS) is 14.6. The van der Waals surface area contributed by atoms with Gasteiger partial charge in [0.1, 0.15) is 0 Å². The van der Waals surface area contributed by atoms with Crippen molar-refractivity contribution in [2.75, 3.05) is 0 Å². The molecule has 4 aromatic carbocycles. The Morgan fingerprint density at radius 1 is 0.609 bits per heavy atom. The summed E-state index contributed by atoms with van der Waals surface area (Å²) in [5, 5.41) is 0. The Morgan fingerprint density at radius 3 is 1.72 bits per heavy atom. The molecule has 0 radical (unpaired) electrons. The Kier molecular flexibility index (Phi) is 9.76. The van der Waals surface area contributed by atoms with E-state index < -0.39 is 18.3 Å². The first kappa shape index (κ1) is 36.5. The minimum absolute atomic E-state index is 0. The van der Waals surface area contributed by atoms with E-state index in [1.165, 1.54) is 48.8 Å². The third-order valence-corrected chi connectivity index (χ3v) is 27.0. The molecule has 2 aliphatic rings. The molecule has 0 saturated carbocycles. The van der Waals surface area contributed by atoms with Crippen molar-refractivity contribution in [1.29, 1.82) is 0 Å². The van der Waals surface area contributed by atoms with Gasteiger partial charge in [-0.1, -0.05) is 0 Å². The van der Waals surface area contributed by atoms with Crippen molar-refractivity contribution in [3.63, 3.8) is 0 Å². The number of hydrogen-bond donors (Lipinski definition) is 0. The van der Waals surface area contributed by atoms with Crippen molar-refractivity contribution < 1.29 is 18.3 Å². The topological polar surface area (TPSA) is 0 Å². The molecule has 0 amide bonds. The van der Waals surface area contributed by atoms with E-state index in [2.05, 4.69) is 165 Å². The van der Waals surface area contributed by atoms with E-state index in [-0.39, 0.29) is 41.1 Å². The predicted molar refractivity (Wildman–Crippen MR) is 206 cm³/mol. The van der Waals surface area contributed by atoms with Crippen LogP contribution in [0.25, 0.3) is 11.1 Å². The maximum atomic E-state index is 5.76. The zero-order valence-corrected chi connectivity index (χ0v) is 33.3. The summed E-state index contributed by atoms with van der Waals surface area (Å²) in [6.07, 6.45) is 8.99. The second kappa shape index (κ2) is 12.3. The summed E-state index contributed by atoms with van der Waals surface area (Å²) in [5.41, 5.74) is 10.1. The van der Waals surface area contributed by atoms with Crippen molar-refractivity contribution in [3.05, 3.63) is 134 Å². The molecule has 0 heterocycles. The van der Waals surface area contributed by atoms with Crippen LogP contribution in [0.4, 0.5) is 0 Å². The van der Waals surface area contributed by atoms with Gasteiger partial charge in [0.15, 0.2) is 0 Å². The second-order valence-electron chi connectivity index (χ2n) is 16.5. The molecule has 0 unspecified atom stereocenters. The van der Waals surface area contributed by atoms with Gasteiger partial charge in [-0.25, -0.2) is 0 Å². The first-order valence-electron chi connectivity index (χ1n) is 16.4. The van der Waals surface area contributed by atoms with E-state index in [1.54, 1.807) is 3.27 Å². The summed E-state index contributed by atoms with van der Waals surface area (Å²) in [7, 11) is 0. The average Bonchev–Trinajstić information content (AvgIpc) is 3.64. The summed E-state index contributed by atoms with van der Waals surface area (Å²) in [5.74, 6) is 0. The van der Waals surface area contributed by atoms with Crippen molar-refractivity contribution >= 4 is 38.8 Å². The Labute approximate surface area is 291 Å². The van der Waals surface area contributed by atoms with Gasteiger partial charge < -0.3 is 0 Å². The van der Waals surface area contributed by atoms with Crippen LogP contribution in [0.2, 0.25) is 0 Å². The zero-order valence-electron chi connectivity index (χ0n) is 29.3. The van der Waals surface area contributed by atoms with Crippen molar-refractivity contribution in [2.24, 2.45) is 0 Å². The van der Waals surface area contributed by atoms with Crippen molar-refractivity contribution in [2.45, 2.75) is 91.4 Å². The molecule has 0 aliphatic heterocycles. The monoisotopic (exact) mass is 728 g/mol. The van der Waals surface area contributed by atoms with Crippen LogP contribution in [0.1, 0.15) is 96.6 Å². The van der Waals surface area contributed by atoms with Gasteiger partial charge in [0, 0.05) is 0 Å². The average molecular weight is 731 g/mol. The number of benzene rings is 4. The third kappa shape index (κ3) is 5.63. The molecular weight excluding hydrogens is 679 g/mol. The molecule has 4 aromatic rings. The van der Waals surface area contributed by atoms with E-state index >= 15 is 0 Å². The van der Waals surface area contributed by atoms with E-state index in [4.69, 9.17) is 4.21 Å². The molecular formula is C43H52Cl2Zr. The predicted octanol–water partition coefficient (Wildman–Crippen LogP) is 10.2. The number of hydrogen-bond acceptors (Lipinski definition) is 0. The van der Waals surface area contributed by atoms with Crippen LogP contribution in [-0.2, 0) is 41.0 Å². The van der Waals surface area contributed by atoms with Crippen LogP contribution in [0.5, 0.6) is 0 Å². The molecule has 2 aliphatic carbocycles. The first-order chi connectivity index (χ1) is 20.5. The number of allylic oxidation sites excluding steroid dienone is 4. The van der Waals surface area contributed by atoms with E-state index in [0.29, 0.717) is 0 Å². The Hall–Kier alpha value is -2.31. The molecule has 0 spiro atoms. The summed E-state index contributed by atoms with van der Waals surface area (Å²) >= 11 is -4.83. The van der Waals surface area contributed by atoms with E-state index in [0.717, 1.165) is 12.8 Å². The fourth-order valence-electron chi connectivity index (χ4n) is 7.99. The fraction of sp³-hybridized carbons (Fsp3) is 0.326. The fourth-order valence-corrected chi connectivity index (χ4v) is 24.6. The van der Waals surface area contributed by atoms with E-state index in [9.17, 15) is 0 Å². The second-order valence-corrected chi connectivity index (χ2v) is 29.3. The maximum absolute atomic E-state index is 5.76. The molecule has 0 saturated heterocycles. The molecule has 46 heavy (non-hydrogen) atoms. The van der Waals surface area contributed by atoms with Gasteiger partial charge in [-0.3, -0.25) is 0 Å². The molecule has 0 fully saturated rings. The van der Waals surface area contributed by atoms with Gasteiger partial charge in [0.05, 0.1) is 0 Å². The molecule has 242 valence electrons. The molecule has 0 aromatic heterocycles. The number of rotatable bonds is 4. The van der Waals surface area contributed by atoms with Crippen LogP contribution >= 0.6 is 24.8 Å². The summed E-state index contributed by atoms with van der Waals surface area (Å²) in [6.45, 7) is 21.1. The number of halogens is 2. The number of fused-ring (bicyclic) bond motifs is 3. The van der Waals surface area contributed by atoms with Crippen LogP contribution in [-0.4, -0.2) is 4.21 Å². The van der Waals surface area contributed by atoms with Crippen LogP contribution in [0.15, 0.2) is 106 Å².